The summed E-state index contributed by atoms with van der Waals surface area (Å²) < 4.78 is 5.64. The molecule has 0 spiro atoms. The Morgan fingerprint density at radius 1 is 1.33 bits per heavy atom. The van der Waals surface area contributed by atoms with E-state index in [0.29, 0.717) is 24.1 Å². The maximum Gasteiger partial charge on any atom is 0.282 e. The van der Waals surface area contributed by atoms with E-state index in [0.717, 1.165) is 11.3 Å². The third-order valence-electron chi connectivity index (χ3n) is 3.45. The molecule has 0 atom stereocenters. The van der Waals surface area contributed by atoms with Gasteiger partial charge in [0.1, 0.15) is 11.5 Å². The van der Waals surface area contributed by atoms with Crippen LogP contribution in [-0.2, 0) is 9.63 Å². The molecule has 24 heavy (non-hydrogen) atoms. The van der Waals surface area contributed by atoms with E-state index >= 15 is 0 Å². The van der Waals surface area contributed by atoms with Gasteiger partial charge in [0, 0.05) is 6.08 Å². The first kappa shape index (κ1) is 16.0. The smallest absolute Gasteiger partial charge is 0.282 e. The van der Waals surface area contributed by atoms with Crippen LogP contribution in [0, 0.1) is 11.3 Å². The van der Waals surface area contributed by atoms with Gasteiger partial charge in [0.2, 0.25) is 0 Å². The number of nitrogens with one attached hydrogen (secondary N) is 1. The van der Waals surface area contributed by atoms with Gasteiger partial charge in [-0.3, -0.25) is 10.2 Å². The number of allylic oxidation sites excluding steroid dienone is 1. The molecule has 0 aromatic heterocycles. The highest BCUT2D eigenvalue weighted by Crippen LogP contribution is 2.24. The van der Waals surface area contributed by atoms with Gasteiger partial charge in [-0.15, -0.1) is 5.06 Å². The molecule has 1 aromatic rings. The van der Waals surface area contributed by atoms with Crippen molar-refractivity contribution < 1.29 is 14.4 Å². The Hall–Kier alpha value is -2.89. The lowest BCUT2D eigenvalue weighted by Gasteiger charge is -2.22. The normalized spacial score (nSPS) is 18.5. The topological polar surface area (TPSA) is 75.0 Å². The van der Waals surface area contributed by atoms with E-state index in [2.05, 4.69) is 18.8 Å². The van der Waals surface area contributed by atoms with Crippen LogP contribution in [0.1, 0.15) is 26.3 Å². The van der Waals surface area contributed by atoms with Crippen molar-refractivity contribution >= 4 is 23.7 Å². The van der Waals surface area contributed by atoms with Gasteiger partial charge in [0.05, 0.1) is 12.2 Å². The average Bonchev–Trinajstić information content (AvgIpc) is 2.91. The van der Waals surface area contributed by atoms with E-state index in [-0.39, 0.29) is 11.4 Å². The molecule has 0 saturated carbocycles. The van der Waals surface area contributed by atoms with Crippen LogP contribution in [0.2, 0.25) is 0 Å². The quantitative estimate of drug-likeness (QED) is 0.863. The molecule has 3 rings (SSSR count). The molecular formula is C18H19N3O3. The predicted octanol–water partition coefficient (Wildman–Crippen LogP) is 3.17. The molecule has 2 heterocycles. The number of carbonyl (C=O) groups is 1. The number of benzene rings is 1. The fourth-order valence-electron chi connectivity index (χ4n) is 2.29. The lowest BCUT2D eigenvalue weighted by atomic mass is 10.1. The Balaban J connectivity index is 1.79. The van der Waals surface area contributed by atoms with Crippen molar-refractivity contribution in [3.05, 3.63) is 47.2 Å². The fraction of sp³-hybridized carbons (Fsp3) is 0.278. The summed E-state index contributed by atoms with van der Waals surface area (Å²) in [5.41, 5.74) is 0.986. The van der Waals surface area contributed by atoms with Crippen LogP contribution in [0.25, 0.3) is 6.08 Å². The number of carbonyl (C=O) groups excluding carboxylic acids is 1. The van der Waals surface area contributed by atoms with E-state index < -0.39 is 5.91 Å². The van der Waals surface area contributed by atoms with Crippen molar-refractivity contribution in [2.45, 2.75) is 20.8 Å². The monoisotopic (exact) mass is 325 g/mol. The van der Waals surface area contributed by atoms with Gasteiger partial charge in [0.15, 0.2) is 11.7 Å². The summed E-state index contributed by atoms with van der Waals surface area (Å²) in [4.78, 5) is 21.5. The number of rotatable bonds is 4. The summed E-state index contributed by atoms with van der Waals surface area (Å²) in [6.45, 7) is 6.58. The molecule has 2 aliphatic rings. The standard InChI is InChI=1S/C18H19N3O3/c1-11(2)10-23-14-6-4-13(5-7-14)9-15-17(19)21-16(20-18(15)22)8-12(3)24-21/h4-9,11,19H,10H2,1-3H3/b15-9-,19-17?. The van der Waals surface area contributed by atoms with Gasteiger partial charge in [0.25, 0.3) is 5.91 Å². The van der Waals surface area contributed by atoms with Crippen molar-refractivity contribution in [2.75, 3.05) is 6.61 Å². The number of hydroxylamine groups is 2. The molecule has 0 radical (unpaired) electrons. The molecule has 1 amide bonds. The molecule has 0 bridgehead atoms. The second-order valence-corrected chi connectivity index (χ2v) is 6.10. The molecular weight excluding hydrogens is 306 g/mol. The Kier molecular flexibility index (Phi) is 4.20. The van der Waals surface area contributed by atoms with Crippen molar-refractivity contribution in [3.8, 4) is 5.75 Å². The van der Waals surface area contributed by atoms with E-state index in [1.807, 2.05) is 24.3 Å². The first-order valence-electron chi connectivity index (χ1n) is 7.77. The zero-order chi connectivity index (χ0) is 17.3. The Labute approximate surface area is 140 Å². The van der Waals surface area contributed by atoms with E-state index in [4.69, 9.17) is 15.0 Å². The molecule has 1 aromatic carbocycles. The van der Waals surface area contributed by atoms with Crippen molar-refractivity contribution in [2.24, 2.45) is 10.9 Å². The number of hydrogen-bond donors (Lipinski definition) is 1. The van der Waals surface area contributed by atoms with Crippen LogP contribution < -0.4 is 4.74 Å². The van der Waals surface area contributed by atoms with Gasteiger partial charge in [-0.1, -0.05) is 26.0 Å². The minimum absolute atomic E-state index is 0.0155. The molecule has 6 heteroatoms. The molecule has 0 fully saturated rings. The lowest BCUT2D eigenvalue weighted by Crippen LogP contribution is -2.38. The fourth-order valence-corrected chi connectivity index (χ4v) is 2.29. The lowest BCUT2D eigenvalue weighted by molar-refractivity contribution is -0.114. The largest absolute Gasteiger partial charge is 0.493 e. The van der Waals surface area contributed by atoms with E-state index in [9.17, 15) is 4.79 Å². The first-order valence-corrected chi connectivity index (χ1v) is 7.77. The molecule has 0 aliphatic carbocycles. The summed E-state index contributed by atoms with van der Waals surface area (Å²) in [6.07, 6.45) is 3.26. The van der Waals surface area contributed by atoms with Gasteiger partial charge in [-0.2, -0.15) is 4.99 Å². The number of ether oxygens (including phenoxy) is 1. The van der Waals surface area contributed by atoms with Crippen molar-refractivity contribution in [3.63, 3.8) is 0 Å². The average molecular weight is 325 g/mol. The van der Waals surface area contributed by atoms with Gasteiger partial charge in [-0.05, 0) is 36.6 Å². The van der Waals surface area contributed by atoms with E-state index in [1.165, 1.54) is 5.06 Å². The summed E-state index contributed by atoms with van der Waals surface area (Å²) in [5.74, 6) is 1.71. The van der Waals surface area contributed by atoms with Crippen LogP contribution in [0.3, 0.4) is 0 Å². The third kappa shape index (κ3) is 3.22. The zero-order valence-corrected chi connectivity index (χ0v) is 13.9. The summed E-state index contributed by atoms with van der Waals surface area (Å²) in [6, 6.07) is 7.38. The highest BCUT2D eigenvalue weighted by Gasteiger charge is 2.34. The maximum absolute atomic E-state index is 12.2. The first-order chi connectivity index (χ1) is 11.4. The van der Waals surface area contributed by atoms with E-state index in [1.54, 1.807) is 19.1 Å². The van der Waals surface area contributed by atoms with Gasteiger partial charge < -0.3 is 9.57 Å². The number of hydrogen-bond acceptors (Lipinski definition) is 4. The van der Waals surface area contributed by atoms with Crippen LogP contribution in [-0.4, -0.2) is 29.2 Å². The minimum Gasteiger partial charge on any atom is -0.493 e. The Morgan fingerprint density at radius 2 is 2.04 bits per heavy atom. The van der Waals surface area contributed by atoms with Crippen LogP contribution in [0.4, 0.5) is 0 Å². The highest BCUT2D eigenvalue weighted by atomic mass is 16.7. The number of aliphatic imine (C=N–C) groups is 1. The molecule has 0 saturated heterocycles. The predicted molar refractivity (Wildman–Crippen MR) is 91.6 cm³/mol. The second-order valence-electron chi connectivity index (χ2n) is 6.10. The number of nitrogens with zero attached hydrogens (tertiary/aromatic N) is 2. The second kappa shape index (κ2) is 6.31. The summed E-state index contributed by atoms with van der Waals surface area (Å²) in [5, 5.41) is 9.42. The van der Waals surface area contributed by atoms with Crippen LogP contribution >= 0.6 is 0 Å². The van der Waals surface area contributed by atoms with Gasteiger partial charge in [-0.25, -0.2) is 0 Å². The Morgan fingerprint density at radius 3 is 2.71 bits per heavy atom. The molecule has 2 aliphatic heterocycles. The maximum atomic E-state index is 12.2. The molecule has 6 nitrogen and oxygen atoms in total. The molecule has 0 unspecified atom stereocenters. The third-order valence-corrected chi connectivity index (χ3v) is 3.45. The summed E-state index contributed by atoms with van der Waals surface area (Å²) in [7, 11) is 0. The van der Waals surface area contributed by atoms with Crippen molar-refractivity contribution in [1.82, 2.24) is 5.06 Å². The molecule has 1 N–H and O–H groups in total. The Bertz CT molecular complexity index is 773. The highest BCUT2D eigenvalue weighted by molar-refractivity contribution is 6.32. The number of amidine groups is 2. The SMILES string of the molecule is CC1=CC2=NC(=O)/C(=C\c3ccc(OCC(C)C)cc3)C(=N)N2O1. The van der Waals surface area contributed by atoms with Crippen molar-refractivity contribution in [1.29, 1.82) is 5.41 Å². The summed E-state index contributed by atoms with van der Waals surface area (Å²) >= 11 is 0. The number of amides is 1. The minimum atomic E-state index is -0.444. The number of fused-ring (bicyclic) bond motifs is 1. The molecule has 124 valence electrons. The van der Waals surface area contributed by atoms with Gasteiger partial charge >= 0.3 is 0 Å². The van der Waals surface area contributed by atoms with Crippen LogP contribution in [0.5, 0.6) is 5.75 Å². The zero-order valence-electron chi connectivity index (χ0n) is 13.9. The van der Waals surface area contributed by atoms with Crippen LogP contribution in [0.15, 0.2) is 46.7 Å².